The molecule has 1 atom stereocenters. The van der Waals surface area contributed by atoms with Crippen LogP contribution in [0.1, 0.15) is 12.8 Å². The van der Waals surface area contributed by atoms with E-state index in [0.29, 0.717) is 11.6 Å². The Bertz CT molecular complexity index is 435. The molecule has 1 fully saturated rings. The van der Waals surface area contributed by atoms with Crippen molar-refractivity contribution in [3.63, 3.8) is 0 Å². The van der Waals surface area contributed by atoms with Crippen LogP contribution in [0, 0.1) is 5.92 Å². The fourth-order valence-electron chi connectivity index (χ4n) is 1.62. The van der Waals surface area contributed by atoms with E-state index in [4.69, 9.17) is 10.5 Å². The van der Waals surface area contributed by atoms with E-state index in [1.165, 1.54) is 18.9 Å². The van der Waals surface area contributed by atoms with E-state index >= 15 is 0 Å². The van der Waals surface area contributed by atoms with Gasteiger partial charge in [-0.2, -0.15) is 0 Å². The third kappa shape index (κ3) is 3.16. The predicted molar refractivity (Wildman–Crippen MR) is 72.9 cm³/mol. The number of carbonyl (C=O) groups is 1. The summed E-state index contributed by atoms with van der Waals surface area (Å²) in [6.07, 6.45) is 2.20. The van der Waals surface area contributed by atoms with Crippen LogP contribution in [0.4, 0.5) is 5.69 Å². The molecule has 1 aliphatic carbocycles. The van der Waals surface area contributed by atoms with E-state index in [2.05, 4.69) is 15.9 Å². The highest BCUT2D eigenvalue weighted by molar-refractivity contribution is 9.10. The minimum atomic E-state index is -0.153. The summed E-state index contributed by atoms with van der Waals surface area (Å²) in [5.74, 6) is 0.287. The molecule has 1 aliphatic rings. The fourth-order valence-corrected chi connectivity index (χ4v) is 3.27. The summed E-state index contributed by atoms with van der Waals surface area (Å²) >= 11 is 4.87. The molecule has 1 unspecified atom stereocenters. The molecule has 0 amide bonds. The second-order valence-corrected chi connectivity index (χ2v) is 6.18. The number of hydrogen-bond donors (Lipinski definition) is 1. The quantitative estimate of drug-likeness (QED) is 0.527. The van der Waals surface area contributed by atoms with E-state index in [9.17, 15) is 4.79 Å². The van der Waals surface area contributed by atoms with Crippen molar-refractivity contribution < 1.29 is 9.53 Å². The van der Waals surface area contributed by atoms with Gasteiger partial charge in [0.15, 0.2) is 0 Å². The lowest BCUT2D eigenvalue weighted by Gasteiger charge is -2.14. The Labute approximate surface area is 113 Å². The highest BCUT2D eigenvalue weighted by atomic mass is 79.9. The average Bonchev–Trinajstić information content (AvgIpc) is 3.11. The monoisotopic (exact) mass is 315 g/mol. The topological polar surface area (TPSA) is 52.3 Å². The van der Waals surface area contributed by atoms with Gasteiger partial charge in [-0.15, -0.1) is 11.8 Å². The van der Waals surface area contributed by atoms with Crippen LogP contribution in [-0.4, -0.2) is 18.3 Å². The molecule has 2 rings (SSSR count). The van der Waals surface area contributed by atoms with Gasteiger partial charge in [-0.05, 0) is 37.0 Å². The summed E-state index contributed by atoms with van der Waals surface area (Å²) in [4.78, 5) is 12.6. The fraction of sp³-hybridized carbons (Fsp3) is 0.417. The first-order valence-electron chi connectivity index (χ1n) is 5.41. The van der Waals surface area contributed by atoms with E-state index in [-0.39, 0.29) is 11.2 Å². The molecule has 3 nitrogen and oxygen atoms in total. The van der Waals surface area contributed by atoms with Crippen LogP contribution in [-0.2, 0) is 9.53 Å². The zero-order valence-corrected chi connectivity index (χ0v) is 11.9. The molecule has 0 heterocycles. The van der Waals surface area contributed by atoms with Crippen molar-refractivity contribution in [3.8, 4) is 0 Å². The van der Waals surface area contributed by atoms with Gasteiger partial charge in [0.25, 0.3) is 0 Å². The molecule has 1 saturated carbocycles. The molecule has 0 aromatic heterocycles. The zero-order chi connectivity index (χ0) is 12.4. The number of carbonyl (C=O) groups excluding carboxylic acids is 1. The number of anilines is 1. The van der Waals surface area contributed by atoms with E-state index in [1.807, 2.05) is 18.2 Å². The van der Waals surface area contributed by atoms with Gasteiger partial charge in [-0.25, -0.2) is 0 Å². The molecule has 17 heavy (non-hydrogen) atoms. The SMILES string of the molecule is COC(=O)C(Sc1ccc(Br)cc1N)C1CC1. The van der Waals surface area contributed by atoms with E-state index in [1.54, 1.807) is 0 Å². The molecular weight excluding hydrogens is 302 g/mol. The smallest absolute Gasteiger partial charge is 0.319 e. The number of nitrogen functional groups attached to an aromatic ring is 1. The van der Waals surface area contributed by atoms with Crippen LogP contribution in [0.15, 0.2) is 27.6 Å². The van der Waals surface area contributed by atoms with Crippen molar-refractivity contribution in [2.24, 2.45) is 5.92 Å². The first-order chi connectivity index (χ1) is 8.11. The average molecular weight is 316 g/mol. The zero-order valence-electron chi connectivity index (χ0n) is 9.48. The Morgan fingerprint density at radius 3 is 2.82 bits per heavy atom. The molecule has 0 bridgehead atoms. The second kappa shape index (κ2) is 5.31. The maximum absolute atomic E-state index is 11.7. The standard InChI is InChI=1S/C12H14BrNO2S/c1-16-12(15)11(7-2-3-7)17-10-5-4-8(13)6-9(10)14/h4-7,11H,2-3,14H2,1H3. The Morgan fingerprint density at radius 1 is 1.59 bits per heavy atom. The third-order valence-corrected chi connectivity index (χ3v) is 4.66. The molecule has 0 spiro atoms. The largest absolute Gasteiger partial charge is 0.468 e. The van der Waals surface area contributed by atoms with Gasteiger partial charge in [0, 0.05) is 15.1 Å². The molecule has 0 aliphatic heterocycles. The highest BCUT2D eigenvalue weighted by Gasteiger charge is 2.38. The number of nitrogens with two attached hydrogens (primary N) is 1. The number of methoxy groups -OCH3 is 1. The molecule has 0 radical (unpaired) electrons. The molecule has 5 heteroatoms. The van der Waals surface area contributed by atoms with Gasteiger partial charge in [0.1, 0.15) is 5.25 Å². The van der Waals surface area contributed by atoms with E-state index in [0.717, 1.165) is 22.2 Å². The van der Waals surface area contributed by atoms with Gasteiger partial charge in [-0.3, -0.25) is 4.79 Å². The number of thioether (sulfide) groups is 1. The summed E-state index contributed by atoms with van der Waals surface area (Å²) in [7, 11) is 1.43. The van der Waals surface area contributed by atoms with Crippen molar-refractivity contribution in [3.05, 3.63) is 22.7 Å². The summed E-state index contributed by atoms with van der Waals surface area (Å²) < 4.78 is 5.78. The maximum Gasteiger partial charge on any atom is 0.319 e. The number of halogens is 1. The number of esters is 1. The Hall–Kier alpha value is -0.680. The second-order valence-electron chi connectivity index (χ2n) is 4.08. The lowest BCUT2D eigenvalue weighted by molar-refractivity contribution is -0.140. The number of rotatable bonds is 4. The molecule has 92 valence electrons. The molecule has 0 saturated heterocycles. The minimum Gasteiger partial charge on any atom is -0.468 e. The lowest BCUT2D eigenvalue weighted by atomic mass is 10.3. The predicted octanol–water partition coefficient (Wildman–Crippen LogP) is 3.08. The van der Waals surface area contributed by atoms with Gasteiger partial charge in [0.05, 0.1) is 7.11 Å². The van der Waals surface area contributed by atoms with E-state index < -0.39 is 0 Å². The lowest BCUT2D eigenvalue weighted by Crippen LogP contribution is -2.21. The normalized spacial score (nSPS) is 16.6. The minimum absolute atomic E-state index is 0.122. The summed E-state index contributed by atoms with van der Waals surface area (Å²) in [6, 6.07) is 5.71. The first-order valence-corrected chi connectivity index (χ1v) is 7.08. The van der Waals surface area contributed by atoms with Gasteiger partial charge in [-0.1, -0.05) is 15.9 Å². The van der Waals surface area contributed by atoms with Crippen LogP contribution in [0.2, 0.25) is 0 Å². The van der Waals surface area contributed by atoms with Crippen LogP contribution < -0.4 is 5.73 Å². The van der Waals surface area contributed by atoms with Crippen LogP contribution in [0.3, 0.4) is 0 Å². The Balaban J connectivity index is 2.14. The van der Waals surface area contributed by atoms with Crippen LogP contribution in [0.5, 0.6) is 0 Å². The van der Waals surface area contributed by atoms with Gasteiger partial charge >= 0.3 is 5.97 Å². The summed E-state index contributed by atoms with van der Waals surface area (Å²) in [5.41, 5.74) is 6.62. The molecule has 1 aromatic rings. The number of hydrogen-bond acceptors (Lipinski definition) is 4. The third-order valence-electron chi connectivity index (χ3n) is 2.71. The molecular formula is C12H14BrNO2S. The molecule has 2 N–H and O–H groups in total. The molecule has 1 aromatic carbocycles. The van der Waals surface area contributed by atoms with Crippen molar-refractivity contribution in [1.29, 1.82) is 0 Å². The van der Waals surface area contributed by atoms with Crippen LogP contribution >= 0.6 is 27.7 Å². The Kier molecular flexibility index (Phi) is 3.99. The van der Waals surface area contributed by atoms with Crippen molar-refractivity contribution in [2.45, 2.75) is 23.0 Å². The van der Waals surface area contributed by atoms with Gasteiger partial charge < -0.3 is 10.5 Å². The summed E-state index contributed by atoms with van der Waals surface area (Å²) in [6.45, 7) is 0. The Morgan fingerprint density at radius 2 is 2.29 bits per heavy atom. The van der Waals surface area contributed by atoms with Gasteiger partial charge in [0.2, 0.25) is 0 Å². The highest BCUT2D eigenvalue weighted by Crippen LogP contribution is 2.43. The number of ether oxygens (including phenoxy) is 1. The van der Waals surface area contributed by atoms with Crippen LogP contribution in [0.25, 0.3) is 0 Å². The van der Waals surface area contributed by atoms with Crippen molar-refractivity contribution >= 4 is 39.3 Å². The van der Waals surface area contributed by atoms with Crippen molar-refractivity contribution in [2.75, 3.05) is 12.8 Å². The maximum atomic E-state index is 11.7. The number of benzene rings is 1. The first kappa shape index (κ1) is 12.8. The van der Waals surface area contributed by atoms with Crippen molar-refractivity contribution in [1.82, 2.24) is 0 Å². The summed E-state index contributed by atoms with van der Waals surface area (Å²) in [5, 5.41) is -0.122.